The van der Waals surface area contributed by atoms with E-state index in [4.69, 9.17) is 0 Å². The van der Waals surface area contributed by atoms with Gasteiger partial charge in [-0.25, -0.2) is 0 Å². The van der Waals surface area contributed by atoms with Crippen LogP contribution in [-0.4, -0.2) is 23.8 Å². The summed E-state index contributed by atoms with van der Waals surface area (Å²) >= 11 is 0. The van der Waals surface area contributed by atoms with Crippen molar-refractivity contribution in [2.75, 3.05) is 0 Å². The summed E-state index contributed by atoms with van der Waals surface area (Å²) in [5.74, 6) is -1.06. The maximum atomic E-state index is 11.4. The first-order chi connectivity index (χ1) is 7.04. The standard InChI is InChI=1S/C10H14N2O3/c1-3-6(2)9(14)11-7-4-5-8(13)12-10(7)15/h7H,2-5H2,1H3,(H,11,14)(H,12,13,15). The van der Waals surface area contributed by atoms with Gasteiger partial charge < -0.3 is 5.32 Å². The number of piperidine rings is 1. The fourth-order valence-electron chi connectivity index (χ4n) is 1.25. The number of hydrogen-bond acceptors (Lipinski definition) is 3. The minimum Gasteiger partial charge on any atom is -0.341 e. The van der Waals surface area contributed by atoms with Crippen molar-refractivity contribution in [1.29, 1.82) is 0 Å². The third kappa shape index (κ3) is 2.90. The van der Waals surface area contributed by atoms with Gasteiger partial charge in [0.05, 0.1) is 0 Å². The molecule has 0 aromatic rings. The third-order valence-electron chi connectivity index (χ3n) is 2.29. The van der Waals surface area contributed by atoms with Crippen LogP contribution in [0.5, 0.6) is 0 Å². The monoisotopic (exact) mass is 210 g/mol. The molecule has 1 aliphatic rings. The van der Waals surface area contributed by atoms with E-state index in [0.29, 0.717) is 18.4 Å². The van der Waals surface area contributed by atoms with Crippen LogP contribution in [0.15, 0.2) is 12.2 Å². The van der Waals surface area contributed by atoms with Gasteiger partial charge in [0.1, 0.15) is 6.04 Å². The van der Waals surface area contributed by atoms with Crippen molar-refractivity contribution in [1.82, 2.24) is 10.6 Å². The van der Waals surface area contributed by atoms with Gasteiger partial charge in [-0.3, -0.25) is 19.7 Å². The maximum absolute atomic E-state index is 11.4. The summed E-state index contributed by atoms with van der Waals surface area (Å²) in [5, 5.41) is 4.71. The highest BCUT2D eigenvalue weighted by molar-refractivity contribution is 6.03. The van der Waals surface area contributed by atoms with E-state index in [2.05, 4.69) is 17.2 Å². The molecule has 0 aromatic carbocycles. The smallest absolute Gasteiger partial charge is 0.249 e. The van der Waals surface area contributed by atoms with Crippen LogP contribution in [0.25, 0.3) is 0 Å². The summed E-state index contributed by atoms with van der Waals surface area (Å²) in [7, 11) is 0. The third-order valence-corrected chi connectivity index (χ3v) is 2.29. The van der Waals surface area contributed by atoms with Gasteiger partial charge in [-0.05, 0) is 12.8 Å². The predicted octanol–water partition coefficient (Wildman–Crippen LogP) is -0.126. The summed E-state index contributed by atoms with van der Waals surface area (Å²) < 4.78 is 0. The molecule has 1 fully saturated rings. The molecule has 0 saturated carbocycles. The van der Waals surface area contributed by atoms with Gasteiger partial charge in [0.15, 0.2) is 0 Å². The van der Waals surface area contributed by atoms with E-state index < -0.39 is 11.9 Å². The number of imide groups is 1. The molecule has 0 aliphatic carbocycles. The molecule has 0 bridgehead atoms. The van der Waals surface area contributed by atoms with E-state index in [1.54, 1.807) is 0 Å². The molecule has 1 saturated heterocycles. The van der Waals surface area contributed by atoms with Crippen LogP contribution in [0.2, 0.25) is 0 Å². The molecule has 0 spiro atoms. The lowest BCUT2D eigenvalue weighted by Crippen LogP contribution is -2.52. The Morgan fingerprint density at radius 3 is 2.80 bits per heavy atom. The van der Waals surface area contributed by atoms with E-state index in [-0.39, 0.29) is 18.2 Å². The fraction of sp³-hybridized carbons (Fsp3) is 0.500. The summed E-state index contributed by atoms with van der Waals surface area (Å²) in [6, 6.07) is -0.613. The van der Waals surface area contributed by atoms with Gasteiger partial charge >= 0.3 is 0 Å². The topological polar surface area (TPSA) is 75.3 Å². The number of carbonyl (C=O) groups excluding carboxylic acids is 3. The Bertz CT molecular complexity index is 323. The minimum atomic E-state index is -0.613. The van der Waals surface area contributed by atoms with Crippen LogP contribution >= 0.6 is 0 Å². The first-order valence-electron chi connectivity index (χ1n) is 4.87. The molecular formula is C10H14N2O3. The lowest BCUT2D eigenvalue weighted by Gasteiger charge is -2.21. The molecule has 2 N–H and O–H groups in total. The molecule has 1 heterocycles. The first-order valence-corrected chi connectivity index (χ1v) is 4.87. The average molecular weight is 210 g/mol. The lowest BCUT2D eigenvalue weighted by atomic mass is 10.1. The number of carbonyl (C=O) groups is 3. The molecule has 1 rings (SSSR count). The van der Waals surface area contributed by atoms with E-state index in [9.17, 15) is 14.4 Å². The van der Waals surface area contributed by atoms with Crippen molar-refractivity contribution in [3.05, 3.63) is 12.2 Å². The Morgan fingerprint density at radius 1 is 1.60 bits per heavy atom. The summed E-state index contributed by atoms with van der Waals surface area (Å²) in [6.07, 6.45) is 1.15. The molecule has 1 unspecified atom stereocenters. The zero-order valence-electron chi connectivity index (χ0n) is 8.63. The minimum absolute atomic E-state index is 0.259. The molecule has 15 heavy (non-hydrogen) atoms. The van der Waals surface area contributed by atoms with Crippen molar-refractivity contribution in [3.8, 4) is 0 Å². The highest BCUT2D eigenvalue weighted by Crippen LogP contribution is 2.06. The maximum Gasteiger partial charge on any atom is 0.249 e. The molecule has 5 heteroatoms. The van der Waals surface area contributed by atoms with E-state index in [1.165, 1.54) is 0 Å². The van der Waals surface area contributed by atoms with Crippen LogP contribution in [-0.2, 0) is 14.4 Å². The molecule has 0 radical (unpaired) electrons. The van der Waals surface area contributed by atoms with Crippen LogP contribution in [0.1, 0.15) is 26.2 Å². The average Bonchev–Trinajstić information content (AvgIpc) is 2.20. The molecule has 1 atom stereocenters. The van der Waals surface area contributed by atoms with Crippen LogP contribution in [0.3, 0.4) is 0 Å². The Balaban J connectivity index is 2.52. The largest absolute Gasteiger partial charge is 0.341 e. The zero-order valence-corrected chi connectivity index (χ0v) is 8.63. The zero-order chi connectivity index (χ0) is 11.4. The van der Waals surface area contributed by atoms with Crippen molar-refractivity contribution in [2.24, 2.45) is 0 Å². The van der Waals surface area contributed by atoms with Gasteiger partial charge in [-0.1, -0.05) is 13.5 Å². The van der Waals surface area contributed by atoms with Gasteiger partial charge in [0.2, 0.25) is 17.7 Å². The molecular weight excluding hydrogens is 196 g/mol. The second-order valence-corrected chi connectivity index (χ2v) is 3.43. The number of rotatable bonds is 3. The summed E-state index contributed by atoms with van der Waals surface area (Å²) in [4.78, 5) is 33.5. The van der Waals surface area contributed by atoms with Crippen molar-refractivity contribution >= 4 is 17.7 Å². The van der Waals surface area contributed by atoms with Crippen molar-refractivity contribution < 1.29 is 14.4 Å². The Hall–Kier alpha value is -1.65. The lowest BCUT2D eigenvalue weighted by molar-refractivity contribution is -0.136. The number of hydrogen-bond donors (Lipinski definition) is 2. The quantitative estimate of drug-likeness (QED) is 0.503. The second-order valence-electron chi connectivity index (χ2n) is 3.43. The second kappa shape index (κ2) is 4.72. The molecule has 1 aliphatic heterocycles. The van der Waals surface area contributed by atoms with E-state index >= 15 is 0 Å². The van der Waals surface area contributed by atoms with E-state index in [0.717, 1.165) is 0 Å². The normalized spacial score (nSPS) is 20.7. The summed E-state index contributed by atoms with van der Waals surface area (Å²) in [5.41, 5.74) is 0.430. The van der Waals surface area contributed by atoms with Crippen LogP contribution in [0, 0.1) is 0 Å². The molecule has 0 aromatic heterocycles. The van der Waals surface area contributed by atoms with Gasteiger partial charge in [-0.15, -0.1) is 0 Å². The van der Waals surface area contributed by atoms with Crippen LogP contribution in [0.4, 0.5) is 0 Å². The van der Waals surface area contributed by atoms with E-state index in [1.807, 2.05) is 6.92 Å². The Kier molecular flexibility index (Phi) is 3.60. The molecule has 82 valence electrons. The van der Waals surface area contributed by atoms with Gasteiger partial charge in [0, 0.05) is 12.0 Å². The number of nitrogens with one attached hydrogen (secondary N) is 2. The van der Waals surface area contributed by atoms with Gasteiger partial charge in [0.25, 0.3) is 0 Å². The Labute approximate surface area is 87.9 Å². The molecule has 3 amide bonds. The summed E-state index contributed by atoms with van der Waals surface area (Å²) in [6.45, 7) is 5.38. The number of amides is 3. The Morgan fingerprint density at radius 2 is 2.27 bits per heavy atom. The predicted molar refractivity (Wildman–Crippen MR) is 53.7 cm³/mol. The highest BCUT2D eigenvalue weighted by atomic mass is 16.2. The SMILES string of the molecule is C=C(CC)C(=O)NC1CCC(=O)NC1=O. The first kappa shape index (κ1) is 11.4. The fourth-order valence-corrected chi connectivity index (χ4v) is 1.25. The van der Waals surface area contributed by atoms with Gasteiger partial charge in [-0.2, -0.15) is 0 Å². The molecule has 5 nitrogen and oxygen atoms in total. The van der Waals surface area contributed by atoms with Crippen molar-refractivity contribution in [2.45, 2.75) is 32.2 Å². The van der Waals surface area contributed by atoms with Crippen LogP contribution < -0.4 is 10.6 Å². The van der Waals surface area contributed by atoms with Crippen molar-refractivity contribution in [3.63, 3.8) is 0 Å². The highest BCUT2D eigenvalue weighted by Gasteiger charge is 2.27.